The fourth-order valence-electron chi connectivity index (χ4n) is 2.79. The number of para-hydroxylation sites is 1. The summed E-state index contributed by atoms with van der Waals surface area (Å²) >= 11 is 0. The minimum absolute atomic E-state index is 0.121. The minimum Gasteiger partial charge on any atom is -0.297 e. The molecular formula is C18H20N6O. The van der Waals surface area contributed by atoms with E-state index in [2.05, 4.69) is 20.1 Å². The SMILES string of the molecule is CC.CC1=NN(c2ccccc2)C(=O)C1n1cnc2c(C)ncnc21. The van der Waals surface area contributed by atoms with Gasteiger partial charge in [-0.25, -0.2) is 15.0 Å². The lowest BCUT2D eigenvalue weighted by Crippen LogP contribution is -2.29. The zero-order valence-electron chi connectivity index (χ0n) is 14.7. The standard InChI is InChI=1S/C16H14N6O.C2H6/c1-10-13-15(18-8-17-10)21(9-19-13)14-11(2)20-22(16(14)23)12-6-4-3-5-7-12;1-2/h3-9,14H,1-2H3;1-2H3. The number of carbonyl (C=O) groups is 1. The van der Waals surface area contributed by atoms with E-state index in [9.17, 15) is 4.79 Å². The molecule has 25 heavy (non-hydrogen) atoms. The first-order chi connectivity index (χ1) is 12.2. The summed E-state index contributed by atoms with van der Waals surface area (Å²) in [6.07, 6.45) is 3.11. The molecule has 0 saturated heterocycles. The molecule has 7 heteroatoms. The van der Waals surface area contributed by atoms with Crippen LogP contribution >= 0.6 is 0 Å². The average Bonchev–Trinajstić information content (AvgIpc) is 3.19. The van der Waals surface area contributed by atoms with Gasteiger partial charge in [-0.05, 0) is 26.0 Å². The molecule has 128 valence electrons. The second kappa shape index (κ2) is 6.80. The van der Waals surface area contributed by atoms with E-state index in [1.54, 1.807) is 10.9 Å². The van der Waals surface area contributed by atoms with Crippen LogP contribution in [0.15, 0.2) is 48.1 Å². The third-order valence-electron chi connectivity index (χ3n) is 3.92. The molecule has 0 fully saturated rings. The fourth-order valence-corrected chi connectivity index (χ4v) is 2.79. The normalized spacial score (nSPS) is 16.6. The number of carbonyl (C=O) groups excluding carboxylic acids is 1. The van der Waals surface area contributed by atoms with E-state index in [1.165, 1.54) is 11.3 Å². The lowest BCUT2D eigenvalue weighted by molar-refractivity contribution is -0.119. The van der Waals surface area contributed by atoms with Crippen LogP contribution in [0.4, 0.5) is 5.69 Å². The number of hydrogen-bond donors (Lipinski definition) is 0. The molecule has 1 atom stereocenters. The molecule has 3 aromatic rings. The number of amides is 1. The van der Waals surface area contributed by atoms with Crippen LogP contribution in [0.2, 0.25) is 0 Å². The predicted octanol–water partition coefficient (Wildman–Crippen LogP) is 3.12. The van der Waals surface area contributed by atoms with Crippen LogP contribution in [0.1, 0.15) is 32.5 Å². The molecule has 0 radical (unpaired) electrons. The van der Waals surface area contributed by atoms with Crippen molar-refractivity contribution < 1.29 is 4.79 Å². The van der Waals surface area contributed by atoms with Gasteiger partial charge in [0.2, 0.25) is 0 Å². The van der Waals surface area contributed by atoms with E-state index in [-0.39, 0.29) is 5.91 Å². The molecule has 1 aliphatic heterocycles. The summed E-state index contributed by atoms with van der Waals surface area (Å²) in [7, 11) is 0. The average molecular weight is 336 g/mol. The molecule has 0 aliphatic carbocycles. The first-order valence-electron chi connectivity index (χ1n) is 8.25. The summed E-state index contributed by atoms with van der Waals surface area (Å²) in [6.45, 7) is 7.71. The molecule has 0 spiro atoms. The molecule has 1 unspecified atom stereocenters. The van der Waals surface area contributed by atoms with E-state index >= 15 is 0 Å². The maximum atomic E-state index is 12.9. The number of anilines is 1. The van der Waals surface area contributed by atoms with Crippen LogP contribution in [-0.2, 0) is 4.79 Å². The highest BCUT2D eigenvalue weighted by atomic mass is 16.2. The number of imidazole rings is 1. The number of hydrogen-bond acceptors (Lipinski definition) is 5. The highest BCUT2D eigenvalue weighted by molar-refractivity contribution is 6.16. The van der Waals surface area contributed by atoms with Crippen LogP contribution < -0.4 is 5.01 Å². The Bertz CT molecular complexity index is 931. The Hall–Kier alpha value is -3.09. The van der Waals surface area contributed by atoms with E-state index in [4.69, 9.17) is 0 Å². The summed E-state index contributed by atoms with van der Waals surface area (Å²) in [5.41, 5.74) is 3.57. The third-order valence-corrected chi connectivity index (χ3v) is 3.92. The van der Waals surface area contributed by atoms with Crippen molar-refractivity contribution in [3.63, 3.8) is 0 Å². The van der Waals surface area contributed by atoms with Crippen molar-refractivity contribution in [2.24, 2.45) is 5.10 Å². The second-order valence-electron chi connectivity index (χ2n) is 5.41. The lowest BCUT2D eigenvalue weighted by atomic mass is 10.2. The molecule has 0 saturated carbocycles. The number of rotatable bonds is 2. The number of fused-ring (bicyclic) bond motifs is 1. The Morgan fingerprint density at radius 1 is 1.00 bits per heavy atom. The van der Waals surface area contributed by atoms with Crippen LogP contribution in [0.3, 0.4) is 0 Å². The molecule has 3 heterocycles. The van der Waals surface area contributed by atoms with Gasteiger partial charge in [0.25, 0.3) is 5.91 Å². The molecule has 2 aromatic heterocycles. The van der Waals surface area contributed by atoms with Crippen molar-refractivity contribution in [1.29, 1.82) is 0 Å². The van der Waals surface area contributed by atoms with Crippen molar-refractivity contribution in [1.82, 2.24) is 19.5 Å². The van der Waals surface area contributed by atoms with Gasteiger partial charge in [0, 0.05) is 0 Å². The second-order valence-corrected chi connectivity index (χ2v) is 5.41. The van der Waals surface area contributed by atoms with Crippen molar-refractivity contribution >= 4 is 28.5 Å². The topological polar surface area (TPSA) is 76.3 Å². The first kappa shape index (κ1) is 16.8. The van der Waals surface area contributed by atoms with Crippen molar-refractivity contribution in [2.75, 3.05) is 5.01 Å². The Kier molecular flexibility index (Phi) is 4.56. The quantitative estimate of drug-likeness (QED) is 0.720. The van der Waals surface area contributed by atoms with Gasteiger partial charge >= 0.3 is 0 Å². The minimum atomic E-state index is -0.533. The molecule has 7 nitrogen and oxygen atoms in total. The smallest absolute Gasteiger partial charge is 0.276 e. The summed E-state index contributed by atoms with van der Waals surface area (Å²) < 4.78 is 1.76. The third kappa shape index (κ3) is 2.77. The van der Waals surface area contributed by atoms with Crippen LogP contribution in [0, 0.1) is 6.92 Å². The Morgan fingerprint density at radius 2 is 1.72 bits per heavy atom. The monoisotopic (exact) mass is 336 g/mol. The van der Waals surface area contributed by atoms with Gasteiger partial charge in [0.1, 0.15) is 11.8 Å². The van der Waals surface area contributed by atoms with Gasteiger partial charge < -0.3 is 0 Å². The van der Waals surface area contributed by atoms with E-state index in [0.29, 0.717) is 16.9 Å². The first-order valence-corrected chi connectivity index (χ1v) is 8.25. The highest BCUT2D eigenvalue weighted by Crippen LogP contribution is 2.28. The highest BCUT2D eigenvalue weighted by Gasteiger charge is 2.36. The number of aryl methyl sites for hydroxylation is 1. The van der Waals surface area contributed by atoms with Crippen LogP contribution in [0.5, 0.6) is 0 Å². The van der Waals surface area contributed by atoms with Crippen molar-refractivity contribution in [2.45, 2.75) is 33.7 Å². The number of benzene rings is 1. The molecule has 0 bridgehead atoms. The number of hydrazone groups is 1. The van der Waals surface area contributed by atoms with E-state index in [1.807, 2.05) is 58.0 Å². The molecule has 1 aromatic carbocycles. The van der Waals surface area contributed by atoms with Gasteiger partial charge in [-0.15, -0.1) is 0 Å². The summed E-state index contributed by atoms with van der Waals surface area (Å²) in [6, 6.07) is 8.84. The van der Waals surface area contributed by atoms with Crippen molar-refractivity contribution in [3.8, 4) is 0 Å². The summed E-state index contributed by atoms with van der Waals surface area (Å²) in [5.74, 6) is -0.121. The Labute approximate surface area is 146 Å². The fraction of sp³-hybridized carbons (Fsp3) is 0.278. The van der Waals surface area contributed by atoms with Crippen molar-refractivity contribution in [3.05, 3.63) is 48.7 Å². The molecule has 0 N–H and O–H groups in total. The van der Waals surface area contributed by atoms with E-state index < -0.39 is 6.04 Å². The van der Waals surface area contributed by atoms with Gasteiger partial charge in [0.15, 0.2) is 11.7 Å². The van der Waals surface area contributed by atoms with Gasteiger partial charge in [-0.1, -0.05) is 32.0 Å². The molecular weight excluding hydrogens is 316 g/mol. The predicted molar refractivity (Wildman–Crippen MR) is 97.5 cm³/mol. The van der Waals surface area contributed by atoms with Crippen LogP contribution in [0.25, 0.3) is 11.2 Å². The molecule has 1 amide bonds. The number of nitrogens with zero attached hydrogens (tertiary/aromatic N) is 6. The number of aromatic nitrogens is 4. The molecule has 4 rings (SSSR count). The zero-order valence-corrected chi connectivity index (χ0v) is 14.7. The maximum absolute atomic E-state index is 12.9. The Balaban J connectivity index is 0.000000880. The summed E-state index contributed by atoms with van der Waals surface area (Å²) in [4.78, 5) is 25.6. The molecule has 1 aliphatic rings. The maximum Gasteiger partial charge on any atom is 0.276 e. The Morgan fingerprint density at radius 3 is 2.44 bits per heavy atom. The van der Waals surface area contributed by atoms with Crippen LogP contribution in [-0.4, -0.2) is 31.1 Å². The van der Waals surface area contributed by atoms with Gasteiger partial charge in [-0.3, -0.25) is 9.36 Å². The van der Waals surface area contributed by atoms with E-state index in [0.717, 1.165) is 11.4 Å². The lowest BCUT2D eigenvalue weighted by Gasteiger charge is -2.15. The van der Waals surface area contributed by atoms with Gasteiger partial charge in [0.05, 0.1) is 23.4 Å². The summed E-state index contributed by atoms with van der Waals surface area (Å²) in [5, 5.41) is 5.85. The largest absolute Gasteiger partial charge is 0.297 e. The van der Waals surface area contributed by atoms with Gasteiger partial charge in [-0.2, -0.15) is 10.1 Å². The zero-order chi connectivity index (χ0) is 18.0.